The smallest absolute Gasteiger partial charge is 0.323 e. The number of nitrogens with zero attached hydrogens (tertiary/aromatic N) is 7. The molecule has 0 saturated carbocycles. The molecule has 0 N–H and O–H groups in total. The second-order valence-corrected chi connectivity index (χ2v) is 11.1. The van der Waals surface area contributed by atoms with Gasteiger partial charge in [-0.2, -0.15) is 23.0 Å². The van der Waals surface area contributed by atoms with E-state index in [1.807, 2.05) is 0 Å². The molecule has 0 amide bonds. The summed E-state index contributed by atoms with van der Waals surface area (Å²) in [5.74, 6) is 1.67. The molecule has 15 heteroatoms. The molecule has 0 radical (unpaired) electrons. The number of sulfone groups is 1. The van der Waals surface area contributed by atoms with E-state index in [1.54, 1.807) is 24.3 Å². The molecule has 0 unspecified atom stereocenters. The average Bonchev–Trinajstić information content (AvgIpc) is 3.47. The van der Waals surface area contributed by atoms with E-state index in [0.29, 0.717) is 10.7 Å². The number of hydrogen-bond acceptors (Lipinski definition) is 7. The van der Waals surface area contributed by atoms with Crippen LogP contribution in [0.1, 0.15) is 18.3 Å². The summed E-state index contributed by atoms with van der Waals surface area (Å²) >= 11 is 5.93. The number of benzene rings is 1. The number of imidazole rings is 1. The highest BCUT2D eigenvalue weighted by Gasteiger charge is 2.34. The van der Waals surface area contributed by atoms with Gasteiger partial charge in [-0.25, -0.2) is 32.7 Å². The van der Waals surface area contributed by atoms with E-state index in [-0.39, 0.29) is 44.7 Å². The van der Waals surface area contributed by atoms with E-state index >= 15 is 0 Å². The van der Waals surface area contributed by atoms with E-state index in [4.69, 9.17) is 18.0 Å². The summed E-state index contributed by atoms with van der Waals surface area (Å²) in [6.07, 6.45) is 1.91. The maximum absolute atomic E-state index is 13.4. The fraction of sp³-hybridized carbons (Fsp3) is 0.160. The van der Waals surface area contributed by atoms with Crippen molar-refractivity contribution < 1.29 is 21.6 Å². The van der Waals surface area contributed by atoms with Crippen LogP contribution in [0.25, 0.3) is 34.1 Å². The molecule has 204 valence electrons. The second kappa shape index (κ2) is 9.61. The van der Waals surface area contributed by atoms with Crippen LogP contribution in [0.15, 0.2) is 58.5 Å². The molecular formula is C25H17ClF3N7O3S. The Bertz CT molecular complexity index is 2000. The Balaban J connectivity index is 1.76. The van der Waals surface area contributed by atoms with Crippen LogP contribution in [0.5, 0.6) is 0 Å². The minimum absolute atomic E-state index is 0.0545. The molecule has 10 nitrogen and oxygen atoms in total. The van der Waals surface area contributed by atoms with Gasteiger partial charge in [-0.05, 0) is 48.4 Å². The lowest BCUT2D eigenvalue weighted by Crippen LogP contribution is -2.23. The predicted octanol–water partition coefficient (Wildman–Crippen LogP) is 3.81. The first-order valence-corrected chi connectivity index (χ1v) is 13.5. The van der Waals surface area contributed by atoms with Crippen molar-refractivity contribution in [3.05, 3.63) is 75.7 Å². The third kappa shape index (κ3) is 4.52. The Labute approximate surface area is 229 Å². The van der Waals surface area contributed by atoms with Crippen molar-refractivity contribution in [1.82, 2.24) is 33.9 Å². The van der Waals surface area contributed by atoms with Crippen LogP contribution in [0.2, 0.25) is 5.02 Å². The molecule has 5 aromatic rings. The van der Waals surface area contributed by atoms with Gasteiger partial charge in [0.2, 0.25) is 0 Å². The second-order valence-electron chi connectivity index (χ2n) is 8.45. The zero-order valence-corrected chi connectivity index (χ0v) is 22.3. The summed E-state index contributed by atoms with van der Waals surface area (Å²) in [6, 6.07) is 9.66. The highest BCUT2D eigenvalue weighted by atomic mass is 35.5. The lowest BCUT2D eigenvalue weighted by atomic mass is 10.2. The molecule has 0 saturated heterocycles. The maximum Gasteiger partial charge on any atom is 0.433 e. The first kappa shape index (κ1) is 27.1. The standard InChI is InChI=1S/C25H17ClF3N7O3S/c1-4-16-22-17(12-19(31-16)25(27,28)29)32-23(34(22)3)21-18(40(38,39)5-2)10-11-20(33-21)36-24(37)35(13-30-36)15-8-6-14(26)7-9-15/h1,6-13H,5H2,2-3H3. The monoisotopic (exact) mass is 587 g/mol. The van der Waals surface area contributed by atoms with Crippen LogP contribution in [0, 0.1) is 12.3 Å². The Kier molecular flexibility index (Phi) is 6.51. The molecule has 1 aromatic carbocycles. The molecule has 5 rings (SSSR count). The predicted molar refractivity (Wildman–Crippen MR) is 140 cm³/mol. The quantitative estimate of drug-likeness (QED) is 0.287. The molecule has 0 spiro atoms. The minimum atomic E-state index is -4.80. The topological polar surface area (TPSA) is 118 Å². The van der Waals surface area contributed by atoms with Gasteiger partial charge in [0.05, 0.1) is 21.9 Å². The summed E-state index contributed by atoms with van der Waals surface area (Å²) in [4.78, 5) is 25.1. The zero-order chi connectivity index (χ0) is 29.0. The van der Waals surface area contributed by atoms with Crippen LogP contribution in [0.3, 0.4) is 0 Å². The average molecular weight is 588 g/mol. The molecule has 0 atom stereocenters. The van der Waals surface area contributed by atoms with E-state index in [0.717, 1.165) is 10.7 Å². The van der Waals surface area contributed by atoms with Crippen molar-refractivity contribution in [1.29, 1.82) is 0 Å². The molecule has 4 aromatic heterocycles. The number of alkyl halides is 3. The number of pyridine rings is 2. The Morgan fingerprint density at radius 1 is 1.07 bits per heavy atom. The first-order chi connectivity index (χ1) is 18.9. The summed E-state index contributed by atoms with van der Waals surface area (Å²) < 4.78 is 69.8. The number of rotatable bonds is 5. The van der Waals surface area contributed by atoms with Crippen LogP contribution >= 0.6 is 11.6 Å². The van der Waals surface area contributed by atoms with E-state index in [1.165, 1.54) is 41.6 Å². The van der Waals surface area contributed by atoms with Gasteiger partial charge in [-0.1, -0.05) is 18.5 Å². The van der Waals surface area contributed by atoms with Crippen molar-refractivity contribution in [3.63, 3.8) is 0 Å². The van der Waals surface area contributed by atoms with Gasteiger partial charge in [0.25, 0.3) is 0 Å². The molecule has 0 bridgehead atoms. The maximum atomic E-state index is 13.4. The highest BCUT2D eigenvalue weighted by molar-refractivity contribution is 7.91. The van der Waals surface area contributed by atoms with Crippen LogP contribution in [-0.4, -0.2) is 48.0 Å². The number of aryl methyl sites for hydroxylation is 1. The van der Waals surface area contributed by atoms with Gasteiger partial charge in [0, 0.05) is 12.1 Å². The van der Waals surface area contributed by atoms with Crippen LogP contribution in [-0.2, 0) is 23.1 Å². The summed E-state index contributed by atoms with van der Waals surface area (Å²) in [5.41, 5.74) is -2.03. The third-order valence-corrected chi connectivity index (χ3v) is 8.05. The van der Waals surface area contributed by atoms with Gasteiger partial charge in [-0.3, -0.25) is 0 Å². The number of aromatic nitrogens is 7. The van der Waals surface area contributed by atoms with Gasteiger partial charge in [0.15, 0.2) is 21.5 Å². The fourth-order valence-corrected chi connectivity index (χ4v) is 5.20. The van der Waals surface area contributed by atoms with Crippen LogP contribution < -0.4 is 5.69 Å². The zero-order valence-electron chi connectivity index (χ0n) is 20.7. The van der Waals surface area contributed by atoms with Gasteiger partial charge in [0.1, 0.15) is 28.9 Å². The number of hydrogen-bond donors (Lipinski definition) is 0. The normalized spacial score (nSPS) is 12.1. The third-order valence-electron chi connectivity index (χ3n) is 6.04. The van der Waals surface area contributed by atoms with Crippen molar-refractivity contribution >= 4 is 32.5 Å². The largest absolute Gasteiger partial charge is 0.433 e. The van der Waals surface area contributed by atoms with Crippen molar-refractivity contribution in [2.45, 2.75) is 18.0 Å². The number of terminal acetylenes is 1. The van der Waals surface area contributed by atoms with Gasteiger partial charge >= 0.3 is 11.9 Å². The van der Waals surface area contributed by atoms with Crippen molar-refractivity contribution in [3.8, 4) is 35.4 Å². The highest BCUT2D eigenvalue weighted by Crippen LogP contribution is 2.34. The molecule has 4 heterocycles. The van der Waals surface area contributed by atoms with E-state index < -0.39 is 27.4 Å². The number of fused-ring (bicyclic) bond motifs is 1. The fourth-order valence-electron chi connectivity index (χ4n) is 4.05. The molecule has 0 aliphatic heterocycles. The molecule has 40 heavy (non-hydrogen) atoms. The lowest BCUT2D eigenvalue weighted by molar-refractivity contribution is -0.141. The summed E-state index contributed by atoms with van der Waals surface area (Å²) in [6.45, 7) is 1.43. The molecule has 0 aliphatic rings. The summed E-state index contributed by atoms with van der Waals surface area (Å²) in [5, 5.41) is 4.56. The SMILES string of the molecule is C#Cc1nc(C(F)(F)F)cc2nc(-c3nc(-n4ncn(-c5ccc(Cl)cc5)c4=O)ccc3S(=O)(=O)CC)n(C)c12. The minimum Gasteiger partial charge on any atom is -0.323 e. The first-order valence-electron chi connectivity index (χ1n) is 11.4. The van der Waals surface area contributed by atoms with Gasteiger partial charge in [-0.15, -0.1) is 6.42 Å². The Hall–Kier alpha value is -4.48. The molecular weight excluding hydrogens is 571 g/mol. The molecule has 0 aliphatic carbocycles. The van der Waals surface area contributed by atoms with Gasteiger partial charge < -0.3 is 4.57 Å². The molecule has 0 fully saturated rings. The van der Waals surface area contributed by atoms with E-state index in [9.17, 15) is 26.4 Å². The van der Waals surface area contributed by atoms with Crippen molar-refractivity contribution in [2.75, 3.05) is 5.75 Å². The summed E-state index contributed by atoms with van der Waals surface area (Å²) in [7, 11) is -2.46. The number of halogens is 4. The lowest BCUT2D eigenvalue weighted by Gasteiger charge is -2.11. The Morgan fingerprint density at radius 2 is 1.77 bits per heavy atom. The van der Waals surface area contributed by atoms with Crippen LogP contribution in [0.4, 0.5) is 13.2 Å². The van der Waals surface area contributed by atoms with Crippen molar-refractivity contribution in [2.24, 2.45) is 7.05 Å². The van der Waals surface area contributed by atoms with E-state index in [2.05, 4.69) is 26.0 Å². The Morgan fingerprint density at radius 3 is 2.40 bits per heavy atom.